The number of hydrogen-bond donors (Lipinski definition) is 1. The number of nitrogens with zero attached hydrogens (tertiary/aromatic N) is 1. The standard InChI is InChI=1S/C9H8N2S/c10-6-7-2-1-3-8-9(7)11-4-5-12-8/h1-3,11H,4-5H2. The van der Waals surface area contributed by atoms with E-state index in [2.05, 4.69) is 11.4 Å². The molecule has 2 rings (SSSR count). The van der Waals surface area contributed by atoms with Gasteiger partial charge < -0.3 is 5.32 Å². The lowest BCUT2D eigenvalue weighted by Crippen LogP contribution is -2.11. The van der Waals surface area contributed by atoms with Crippen molar-refractivity contribution in [2.24, 2.45) is 0 Å². The van der Waals surface area contributed by atoms with Crippen molar-refractivity contribution in [2.75, 3.05) is 17.6 Å². The monoisotopic (exact) mass is 176 g/mol. The molecule has 0 unspecified atom stereocenters. The Morgan fingerprint density at radius 2 is 2.42 bits per heavy atom. The minimum absolute atomic E-state index is 0.750. The van der Waals surface area contributed by atoms with Gasteiger partial charge in [-0.2, -0.15) is 5.26 Å². The maximum Gasteiger partial charge on any atom is 0.101 e. The summed E-state index contributed by atoms with van der Waals surface area (Å²) in [5.41, 5.74) is 1.76. The number of hydrogen-bond acceptors (Lipinski definition) is 3. The summed E-state index contributed by atoms with van der Waals surface area (Å²) in [6, 6.07) is 8.00. The third-order valence-corrected chi connectivity index (χ3v) is 2.87. The summed E-state index contributed by atoms with van der Waals surface area (Å²) in [7, 11) is 0. The second-order valence-corrected chi connectivity index (χ2v) is 3.70. The molecule has 1 N–H and O–H groups in total. The van der Waals surface area contributed by atoms with Crippen LogP contribution in [-0.2, 0) is 0 Å². The van der Waals surface area contributed by atoms with Gasteiger partial charge in [-0.15, -0.1) is 11.8 Å². The van der Waals surface area contributed by atoms with Gasteiger partial charge in [-0.3, -0.25) is 0 Å². The summed E-state index contributed by atoms with van der Waals surface area (Å²) in [5.74, 6) is 1.09. The SMILES string of the molecule is N#Cc1cccc2c1NCCS2. The number of thioether (sulfide) groups is 1. The Balaban J connectivity index is 2.53. The van der Waals surface area contributed by atoms with E-state index in [0.29, 0.717) is 0 Å². The normalized spacial score (nSPS) is 14.2. The Morgan fingerprint density at radius 3 is 3.25 bits per heavy atom. The first-order valence-electron chi connectivity index (χ1n) is 3.81. The number of benzene rings is 1. The van der Waals surface area contributed by atoms with Gasteiger partial charge in [-0.1, -0.05) is 6.07 Å². The largest absolute Gasteiger partial charge is 0.382 e. The first-order chi connectivity index (χ1) is 5.92. The summed E-state index contributed by atoms with van der Waals surface area (Å²) < 4.78 is 0. The van der Waals surface area contributed by atoms with Gasteiger partial charge in [0.05, 0.1) is 11.3 Å². The van der Waals surface area contributed by atoms with Crippen molar-refractivity contribution in [1.29, 1.82) is 5.26 Å². The van der Waals surface area contributed by atoms with Gasteiger partial charge in [-0.05, 0) is 12.1 Å². The van der Waals surface area contributed by atoms with Crippen molar-refractivity contribution in [3.63, 3.8) is 0 Å². The quantitative estimate of drug-likeness (QED) is 0.657. The Morgan fingerprint density at radius 1 is 1.50 bits per heavy atom. The maximum atomic E-state index is 8.79. The summed E-state index contributed by atoms with van der Waals surface area (Å²) in [4.78, 5) is 1.19. The average molecular weight is 176 g/mol. The summed E-state index contributed by atoms with van der Waals surface area (Å²) >= 11 is 1.80. The van der Waals surface area contributed by atoms with E-state index in [9.17, 15) is 0 Å². The molecule has 0 bridgehead atoms. The number of nitrogens with one attached hydrogen (secondary N) is 1. The number of para-hydroxylation sites is 1. The number of nitriles is 1. The van der Waals surface area contributed by atoms with E-state index >= 15 is 0 Å². The molecule has 3 heteroatoms. The highest BCUT2D eigenvalue weighted by Crippen LogP contribution is 2.32. The molecule has 2 nitrogen and oxygen atoms in total. The molecule has 60 valence electrons. The van der Waals surface area contributed by atoms with E-state index < -0.39 is 0 Å². The van der Waals surface area contributed by atoms with Crippen LogP contribution in [0.15, 0.2) is 23.1 Å². The van der Waals surface area contributed by atoms with Crippen molar-refractivity contribution in [2.45, 2.75) is 4.90 Å². The van der Waals surface area contributed by atoms with E-state index in [4.69, 9.17) is 5.26 Å². The second-order valence-electron chi connectivity index (χ2n) is 2.57. The minimum atomic E-state index is 0.750. The first kappa shape index (κ1) is 7.51. The van der Waals surface area contributed by atoms with E-state index in [1.807, 2.05) is 18.2 Å². The van der Waals surface area contributed by atoms with Crippen LogP contribution in [-0.4, -0.2) is 12.3 Å². The molecule has 0 atom stereocenters. The van der Waals surface area contributed by atoms with E-state index in [1.54, 1.807) is 11.8 Å². The third kappa shape index (κ3) is 1.15. The Hall–Kier alpha value is -1.14. The maximum absolute atomic E-state index is 8.79. The van der Waals surface area contributed by atoms with Crippen molar-refractivity contribution in [3.8, 4) is 6.07 Å². The zero-order valence-electron chi connectivity index (χ0n) is 6.50. The molecule has 1 aromatic rings. The lowest BCUT2D eigenvalue weighted by atomic mass is 10.2. The fourth-order valence-corrected chi connectivity index (χ4v) is 2.19. The molecule has 0 aromatic heterocycles. The molecule has 1 aliphatic rings. The lowest BCUT2D eigenvalue weighted by molar-refractivity contribution is 1.16. The van der Waals surface area contributed by atoms with Gasteiger partial charge in [-0.25, -0.2) is 0 Å². The molecule has 0 amide bonds. The van der Waals surface area contributed by atoms with Crippen LogP contribution in [0.5, 0.6) is 0 Å². The fraction of sp³-hybridized carbons (Fsp3) is 0.222. The van der Waals surface area contributed by atoms with Crippen LogP contribution in [0, 0.1) is 11.3 Å². The lowest BCUT2D eigenvalue weighted by Gasteiger charge is -2.17. The second kappa shape index (κ2) is 3.08. The molecule has 0 radical (unpaired) electrons. The molecular formula is C9H8N2S. The van der Waals surface area contributed by atoms with Crippen LogP contribution in [0.1, 0.15) is 5.56 Å². The van der Waals surface area contributed by atoms with Crippen molar-refractivity contribution >= 4 is 17.4 Å². The molecular weight excluding hydrogens is 168 g/mol. The summed E-state index contributed by atoms with van der Waals surface area (Å²) in [6.07, 6.45) is 0. The van der Waals surface area contributed by atoms with Gasteiger partial charge in [0.15, 0.2) is 0 Å². The van der Waals surface area contributed by atoms with E-state index in [-0.39, 0.29) is 0 Å². The zero-order valence-corrected chi connectivity index (χ0v) is 7.32. The molecule has 1 aliphatic heterocycles. The first-order valence-corrected chi connectivity index (χ1v) is 4.80. The van der Waals surface area contributed by atoms with Crippen LogP contribution in [0.3, 0.4) is 0 Å². The average Bonchev–Trinajstić information content (AvgIpc) is 2.17. The van der Waals surface area contributed by atoms with Crippen LogP contribution >= 0.6 is 11.8 Å². The van der Waals surface area contributed by atoms with Crippen molar-refractivity contribution < 1.29 is 0 Å². The molecule has 0 saturated carbocycles. The highest BCUT2D eigenvalue weighted by molar-refractivity contribution is 7.99. The molecule has 0 aliphatic carbocycles. The molecule has 0 saturated heterocycles. The van der Waals surface area contributed by atoms with E-state index in [0.717, 1.165) is 23.5 Å². The summed E-state index contributed by atoms with van der Waals surface area (Å²) in [5, 5.41) is 12.0. The zero-order chi connectivity index (χ0) is 8.39. The molecule has 0 fully saturated rings. The third-order valence-electron chi connectivity index (χ3n) is 1.81. The van der Waals surface area contributed by atoms with Crippen LogP contribution in [0.2, 0.25) is 0 Å². The highest BCUT2D eigenvalue weighted by atomic mass is 32.2. The Kier molecular flexibility index (Phi) is 1.92. The summed E-state index contributed by atoms with van der Waals surface area (Å²) in [6.45, 7) is 0.955. The van der Waals surface area contributed by atoms with Gasteiger partial charge in [0.2, 0.25) is 0 Å². The van der Waals surface area contributed by atoms with Crippen LogP contribution in [0.25, 0.3) is 0 Å². The fourth-order valence-electron chi connectivity index (χ4n) is 1.26. The van der Waals surface area contributed by atoms with Crippen molar-refractivity contribution in [3.05, 3.63) is 23.8 Å². The number of fused-ring (bicyclic) bond motifs is 1. The predicted octanol–water partition coefficient (Wildman–Crippen LogP) is 2.08. The van der Waals surface area contributed by atoms with Crippen LogP contribution in [0.4, 0.5) is 5.69 Å². The van der Waals surface area contributed by atoms with Gasteiger partial charge >= 0.3 is 0 Å². The number of anilines is 1. The highest BCUT2D eigenvalue weighted by Gasteiger charge is 2.11. The van der Waals surface area contributed by atoms with Crippen molar-refractivity contribution in [1.82, 2.24) is 0 Å². The molecule has 1 heterocycles. The number of rotatable bonds is 0. The Bertz CT molecular complexity index is 341. The molecule has 0 spiro atoms. The minimum Gasteiger partial charge on any atom is -0.382 e. The van der Waals surface area contributed by atoms with E-state index in [1.165, 1.54) is 4.90 Å². The van der Waals surface area contributed by atoms with Gasteiger partial charge in [0.1, 0.15) is 6.07 Å². The van der Waals surface area contributed by atoms with Gasteiger partial charge in [0, 0.05) is 17.2 Å². The Labute approximate surface area is 75.6 Å². The molecule has 1 aromatic carbocycles. The van der Waals surface area contributed by atoms with Gasteiger partial charge in [0.25, 0.3) is 0 Å². The topological polar surface area (TPSA) is 35.8 Å². The smallest absolute Gasteiger partial charge is 0.101 e. The molecule has 12 heavy (non-hydrogen) atoms. The van der Waals surface area contributed by atoms with Crippen LogP contribution < -0.4 is 5.32 Å². The predicted molar refractivity (Wildman–Crippen MR) is 50.4 cm³/mol.